The Morgan fingerprint density at radius 2 is 1.00 bits per heavy atom. The molecule has 0 saturated carbocycles. The first-order valence-electron chi connectivity index (χ1n) is 9.69. The number of aryl methyl sites for hydroxylation is 1. The first-order chi connectivity index (χ1) is 14.0. The van der Waals surface area contributed by atoms with E-state index in [0.717, 1.165) is 15.6 Å². The number of halogens is 3. The highest BCUT2D eigenvalue weighted by atomic mass is 79.9. The largest absolute Gasteiger partial charge is 0.203 e. The van der Waals surface area contributed by atoms with Gasteiger partial charge in [0.15, 0.2) is 11.6 Å². The van der Waals surface area contributed by atoms with Crippen LogP contribution >= 0.6 is 27.7 Å². The molecule has 0 bridgehead atoms. The molecule has 0 fully saturated rings. The second-order valence-electron chi connectivity index (χ2n) is 5.55. The molecule has 0 N–H and O–H groups in total. The molecule has 0 unspecified atom stereocenters. The zero-order valence-electron chi connectivity index (χ0n) is 18.3. The van der Waals surface area contributed by atoms with Crippen molar-refractivity contribution >= 4 is 27.7 Å². The number of thioether (sulfide) groups is 1. The molecule has 0 saturated heterocycles. The summed E-state index contributed by atoms with van der Waals surface area (Å²) < 4.78 is 28.7. The number of benzene rings is 3. The Morgan fingerprint density at radius 1 is 0.621 bits per heavy atom. The first kappa shape index (κ1) is 27.4. The third kappa shape index (κ3) is 8.31. The summed E-state index contributed by atoms with van der Waals surface area (Å²) >= 11 is 5.15. The predicted octanol–water partition coefficient (Wildman–Crippen LogP) is 9.40. The van der Waals surface area contributed by atoms with E-state index in [2.05, 4.69) is 15.9 Å². The third-order valence-corrected chi connectivity index (χ3v) is 4.18. The molecule has 0 spiro atoms. The molecule has 158 valence electrons. The Morgan fingerprint density at radius 3 is 1.45 bits per heavy atom. The van der Waals surface area contributed by atoms with Gasteiger partial charge in [-0.05, 0) is 53.8 Å². The summed E-state index contributed by atoms with van der Waals surface area (Å²) in [5, 5.41) is 0. The van der Waals surface area contributed by atoms with Gasteiger partial charge in [-0.2, -0.15) is 11.8 Å². The minimum absolute atomic E-state index is 0.283. The molecule has 0 atom stereocenters. The van der Waals surface area contributed by atoms with Crippen LogP contribution in [0.2, 0.25) is 0 Å². The molecule has 3 aromatic carbocycles. The molecule has 0 aromatic heterocycles. The van der Waals surface area contributed by atoms with E-state index in [9.17, 15) is 8.78 Å². The highest BCUT2D eigenvalue weighted by Gasteiger charge is 2.12. The van der Waals surface area contributed by atoms with Crippen molar-refractivity contribution in [3.05, 3.63) is 82.3 Å². The normalized spacial score (nSPS) is 9.17. The molecule has 0 aliphatic heterocycles. The summed E-state index contributed by atoms with van der Waals surface area (Å²) in [5.41, 5.74) is 3.37. The van der Waals surface area contributed by atoms with Crippen LogP contribution in [-0.2, 0) is 0 Å². The van der Waals surface area contributed by atoms with E-state index in [1.165, 1.54) is 0 Å². The van der Waals surface area contributed by atoms with E-state index in [0.29, 0.717) is 11.1 Å². The molecule has 4 heteroatoms. The van der Waals surface area contributed by atoms with Crippen LogP contribution in [0.1, 0.15) is 33.3 Å². The predicted molar refractivity (Wildman–Crippen MR) is 132 cm³/mol. The molecule has 0 heterocycles. The zero-order valence-corrected chi connectivity index (χ0v) is 20.7. The van der Waals surface area contributed by atoms with Crippen molar-refractivity contribution in [3.8, 4) is 22.3 Å². The first-order valence-corrected chi connectivity index (χ1v) is 12.1. The summed E-state index contributed by atoms with van der Waals surface area (Å²) in [6.45, 7) is 9.55. The van der Waals surface area contributed by atoms with Gasteiger partial charge in [-0.25, -0.2) is 8.78 Å². The van der Waals surface area contributed by atoms with Crippen LogP contribution in [0.15, 0.2) is 65.1 Å². The maximum Gasteiger partial charge on any atom is 0.166 e. The maximum atomic E-state index is 14.0. The van der Waals surface area contributed by atoms with Gasteiger partial charge >= 0.3 is 0 Å². The van der Waals surface area contributed by atoms with E-state index in [4.69, 9.17) is 0 Å². The molecule has 0 amide bonds. The Kier molecular flexibility index (Phi) is 14.4. The Balaban J connectivity index is 0.00000100. The zero-order chi connectivity index (χ0) is 22.4. The van der Waals surface area contributed by atoms with Gasteiger partial charge in [0.25, 0.3) is 0 Å². The van der Waals surface area contributed by atoms with Crippen molar-refractivity contribution in [2.24, 2.45) is 0 Å². The van der Waals surface area contributed by atoms with Gasteiger partial charge in [0.2, 0.25) is 0 Å². The molecular weight excluding hydrogens is 450 g/mol. The lowest BCUT2D eigenvalue weighted by Gasteiger charge is -2.08. The van der Waals surface area contributed by atoms with Crippen molar-refractivity contribution in [1.29, 1.82) is 0 Å². The van der Waals surface area contributed by atoms with Gasteiger partial charge in [-0.1, -0.05) is 92.2 Å². The van der Waals surface area contributed by atoms with Gasteiger partial charge in [-0.15, -0.1) is 0 Å². The molecule has 3 aromatic rings. The fourth-order valence-electron chi connectivity index (χ4n) is 2.35. The summed E-state index contributed by atoms with van der Waals surface area (Å²) in [5.74, 6) is -1.58. The molecule has 0 radical (unpaired) electrons. The van der Waals surface area contributed by atoms with Crippen molar-refractivity contribution in [1.82, 2.24) is 0 Å². The van der Waals surface area contributed by atoms with Crippen LogP contribution in [0.3, 0.4) is 0 Å². The molecule has 29 heavy (non-hydrogen) atoms. The van der Waals surface area contributed by atoms with Gasteiger partial charge in [0.1, 0.15) is 0 Å². The fourth-order valence-corrected chi connectivity index (χ4v) is 2.62. The van der Waals surface area contributed by atoms with Crippen molar-refractivity contribution in [2.45, 2.75) is 34.6 Å². The van der Waals surface area contributed by atoms with Gasteiger partial charge in [0.05, 0.1) is 0 Å². The summed E-state index contributed by atoms with van der Waals surface area (Å²) in [6, 6.07) is 18.6. The maximum absolute atomic E-state index is 14.0. The van der Waals surface area contributed by atoms with E-state index in [1.54, 1.807) is 30.8 Å². The molecular formula is C25H31BrF2S. The number of rotatable bonds is 2. The molecule has 0 aliphatic carbocycles. The molecule has 0 nitrogen and oxygen atoms in total. The van der Waals surface area contributed by atoms with E-state index in [-0.39, 0.29) is 5.56 Å². The van der Waals surface area contributed by atoms with Gasteiger partial charge in [-0.3, -0.25) is 0 Å². The monoisotopic (exact) mass is 480 g/mol. The quantitative estimate of drug-likeness (QED) is 0.351. The second kappa shape index (κ2) is 15.2. The fraction of sp³-hybridized carbons (Fsp3) is 0.280. The average Bonchev–Trinajstić information content (AvgIpc) is 2.76. The lowest BCUT2D eigenvalue weighted by atomic mass is 9.99. The van der Waals surface area contributed by atoms with Crippen LogP contribution in [0.5, 0.6) is 0 Å². The van der Waals surface area contributed by atoms with Crippen molar-refractivity contribution in [3.63, 3.8) is 0 Å². The van der Waals surface area contributed by atoms with Crippen LogP contribution in [-0.4, -0.2) is 12.5 Å². The number of hydrogen-bond donors (Lipinski definition) is 0. The van der Waals surface area contributed by atoms with E-state index in [1.807, 2.05) is 88.7 Å². The standard InChI is InChI=1S/C19H13BrF2.C2H6S.2C2H6/c1-12-2-11-17(19(22)18(12)21)15-5-3-13(4-6-15)14-7-9-16(20)10-8-14;1-3-2;2*1-2/h2-11H,1H3;1-2H3;2*1-2H3. The van der Waals surface area contributed by atoms with Crippen molar-refractivity contribution in [2.75, 3.05) is 12.5 Å². The summed E-state index contributed by atoms with van der Waals surface area (Å²) in [6.07, 6.45) is 4.08. The minimum Gasteiger partial charge on any atom is -0.203 e. The topological polar surface area (TPSA) is 0 Å². The Hall–Kier alpha value is -1.65. The molecule has 3 rings (SSSR count). The minimum atomic E-state index is -0.795. The van der Waals surface area contributed by atoms with Crippen LogP contribution < -0.4 is 0 Å². The summed E-state index contributed by atoms with van der Waals surface area (Å²) in [4.78, 5) is 0. The highest BCUT2D eigenvalue weighted by molar-refractivity contribution is 9.10. The third-order valence-electron chi connectivity index (χ3n) is 3.65. The molecule has 0 aliphatic rings. The Bertz CT molecular complexity index is 829. The SMILES string of the molecule is CC.CC.CSC.Cc1ccc(-c2ccc(-c3ccc(Br)cc3)cc2)c(F)c1F. The lowest BCUT2D eigenvalue weighted by molar-refractivity contribution is 0.505. The van der Waals surface area contributed by atoms with Gasteiger partial charge in [0, 0.05) is 10.0 Å². The van der Waals surface area contributed by atoms with Crippen LogP contribution in [0.4, 0.5) is 8.78 Å². The van der Waals surface area contributed by atoms with E-state index < -0.39 is 11.6 Å². The smallest absolute Gasteiger partial charge is 0.166 e. The highest BCUT2D eigenvalue weighted by Crippen LogP contribution is 2.29. The van der Waals surface area contributed by atoms with Gasteiger partial charge < -0.3 is 0 Å². The summed E-state index contributed by atoms with van der Waals surface area (Å²) in [7, 11) is 0. The van der Waals surface area contributed by atoms with Crippen molar-refractivity contribution < 1.29 is 8.78 Å². The van der Waals surface area contributed by atoms with Crippen LogP contribution in [0.25, 0.3) is 22.3 Å². The lowest BCUT2D eigenvalue weighted by Crippen LogP contribution is -1.93. The van der Waals surface area contributed by atoms with E-state index >= 15 is 0 Å². The van der Waals surface area contributed by atoms with Crippen LogP contribution in [0, 0.1) is 18.6 Å². The number of hydrogen-bond acceptors (Lipinski definition) is 1. The Labute approximate surface area is 187 Å². The second-order valence-corrected chi connectivity index (χ2v) is 7.28. The average molecular weight is 481 g/mol.